The van der Waals surface area contributed by atoms with Crippen molar-refractivity contribution in [3.63, 3.8) is 0 Å². The van der Waals surface area contributed by atoms with E-state index in [1.54, 1.807) is 7.11 Å². The normalized spacial score (nSPS) is 19.4. The number of likely N-dealkylation sites (tertiary alicyclic amines) is 2. The molecule has 1 amide bonds. The summed E-state index contributed by atoms with van der Waals surface area (Å²) in [6.45, 7) is 8.59. The van der Waals surface area contributed by atoms with E-state index in [0.29, 0.717) is 24.8 Å². The Morgan fingerprint density at radius 3 is 2.42 bits per heavy atom. The lowest BCUT2D eigenvalue weighted by atomic mass is 9.96. The van der Waals surface area contributed by atoms with Gasteiger partial charge in [0.05, 0.1) is 13.7 Å². The van der Waals surface area contributed by atoms with Crippen LogP contribution in [0.2, 0.25) is 0 Å². The van der Waals surface area contributed by atoms with E-state index in [0.717, 1.165) is 55.3 Å². The number of rotatable bonds is 9. The first-order valence-corrected chi connectivity index (χ1v) is 13.8. The van der Waals surface area contributed by atoms with Gasteiger partial charge in [-0.1, -0.05) is 36.3 Å². The number of ether oxygens (including phenoxy) is 1. The van der Waals surface area contributed by atoms with Crippen molar-refractivity contribution >= 4 is 5.91 Å². The number of nitrogens with zero attached hydrogens (tertiary/aromatic N) is 4. The van der Waals surface area contributed by atoms with Crippen LogP contribution >= 0.6 is 0 Å². The number of hydrogen-bond donors (Lipinski definition) is 1. The molecule has 1 unspecified atom stereocenters. The van der Waals surface area contributed by atoms with Gasteiger partial charge in [0, 0.05) is 31.1 Å². The van der Waals surface area contributed by atoms with Crippen LogP contribution in [0.1, 0.15) is 49.6 Å². The average molecular weight is 518 g/mol. The van der Waals surface area contributed by atoms with Crippen LogP contribution in [-0.4, -0.2) is 59.1 Å². The zero-order valence-corrected chi connectivity index (χ0v) is 22.6. The van der Waals surface area contributed by atoms with Crippen LogP contribution in [0.4, 0.5) is 0 Å². The van der Waals surface area contributed by atoms with Gasteiger partial charge in [-0.05, 0) is 86.6 Å². The third-order valence-corrected chi connectivity index (χ3v) is 7.77. The number of piperidine rings is 2. The summed E-state index contributed by atoms with van der Waals surface area (Å²) >= 11 is 0. The third kappa shape index (κ3) is 6.99. The molecule has 0 saturated carbocycles. The molecule has 3 heterocycles. The minimum Gasteiger partial charge on any atom is -0.497 e. The topological polar surface area (TPSA) is 83.7 Å². The van der Waals surface area contributed by atoms with Crippen LogP contribution in [0.15, 0.2) is 53.1 Å². The molecule has 2 fully saturated rings. The van der Waals surface area contributed by atoms with Gasteiger partial charge in [-0.15, -0.1) is 0 Å². The van der Waals surface area contributed by atoms with E-state index in [-0.39, 0.29) is 11.8 Å². The fourth-order valence-corrected chi connectivity index (χ4v) is 5.51. The van der Waals surface area contributed by atoms with Crippen molar-refractivity contribution in [3.8, 4) is 17.1 Å². The molecular formula is C30H39N5O3. The number of carbonyl (C=O) groups excluding carboxylic acids is 1. The van der Waals surface area contributed by atoms with E-state index in [4.69, 9.17) is 9.26 Å². The Bertz CT molecular complexity index is 1170. The Labute approximate surface area is 225 Å². The van der Waals surface area contributed by atoms with Crippen LogP contribution in [0, 0.1) is 11.8 Å². The molecule has 38 heavy (non-hydrogen) atoms. The number of methoxy groups -OCH3 is 1. The number of aromatic nitrogens is 2. The van der Waals surface area contributed by atoms with Crippen LogP contribution in [0.3, 0.4) is 0 Å². The van der Waals surface area contributed by atoms with Gasteiger partial charge in [0.25, 0.3) is 0 Å². The molecule has 2 aliphatic heterocycles. The summed E-state index contributed by atoms with van der Waals surface area (Å²) in [6, 6.07) is 16.3. The number of amides is 1. The van der Waals surface area contributed by atoms with Crippen molar-refractivity contribution in [2.24, 2.45) is 11.8 Å². The zero-order chi connectivity index (χ0) is 26.3. The van der Waals surface area contributed by atoms with Crippen LogP contribution in [-0.2, 0) is 24.4 Å². The zero-order valence-electron chi connectivity index (χ0n) is 22.6. The van der Waals surface area contributed by atoms with Gasteiger partial charge in [-0.3, -0.25) is 14.6 Å². The first-order chi connectivity index (χ1) is 18.6. The van der Waals surface area contributed by atoms with Crippen molar-refractivity contribution < 1.29 is 14.1 Å². The first-order valence-electron chi connectivity index (χ1n) is 13.8. The summed E-state index contributed by atoms with van der Waals surface area (Å²) in [7, 11) is 1.64. The molecule has 3 aromatic rings. The molecule has 0 spiro atoms. The van der Waals surface area contributed by atoms with Crippen LogP contribution < -0.4 is 10.1 Å². The highest BCUT2D eigenvalue weighted by molar-refractivity contribution is 5.78. The number of benzene rings is 2. The Hall–Kier alpha value is -3.23. The van der Waals surface area contributed by atoms with Gasteiger partial charge in [-0.2, -0.15) is 4.98 Å². The van der Waals surface area contributed by atoms with E-state index in [2.05, 4.69) is 56.4 Å². The summed E-state index contributed by atoms with van der Waals surface area (Å²) < 4.78 is 10.7. The summed E-state index contributed by atoms with van der Waals surface area (Å²) in [5.74, 6) is 2.95. The predicted molar refractivity (Wildman–Crippen MR) is 146 cm³/mol. The molecule has 2 saturated heterocycles. The second-order valence-corrected chi connectivity index (χ2v) is 10.8. The second kappa shape index (κ2) is 12.5. The maximum atomic E-state index is 12.8. The van der Waals surface area contributed by atoms with Crippen LogP contribution in [0.5, 0.6) is 5.75 Å². The molecule has 8 heteroatoms. The molecule has 2 aromatic carbocycles. The van der Waals surface area contributed by atoms with E-state index in [1.807, 2.05) is 24.3 Å². The molecule has 1 aromatic heterocycles. The lowest BCUT2D eigenvalue weighted by molar-refractivity contribution is -0.126. The quantitative estimate of drug-likeness (QED) is 0.447. The summed E-state index contributed by atoms with van der Waals surface area (Å²) in [6.07, 6.45) is 4.31. The lowest BCUT2D eigenvalue weighted by Gasteiger charge is -2.30. The van der Waals surface area contributed by atoms with E-state index in [9.17, 15) is 4.79 Å². The van der Waals surface area contributed by atoms with Crippen molar-refractivity contribution in [2.45, 2.75) is 52.2 Å². The molecular weight excluding hydrogens is 478 g/mol. The highest BCUT2D eigenvalue weighted by Gasteiger charge is 2.26. The van der Waals surface area contributed by atoms with E-state index < -0.39 is 0 Å². The molecule has 202 valence electrons. The summed E-state index contributed by atoms with van der Waals surface area (Å²) in [5.41, 5.74) is 3.39. The maximum Gasteiger partial charge on any atom is 0.241 e. The molecule has 0 radical (unpaired) electrons. The third-order valence-electron chi connectivity index (χ3n) is 7.77. The Morgan fingerprint density at radius 1 is 0.974 bits per heavy atom. The molecule has 8 nitrogen and oxygen atoms in total. The van der Waals surface area contributed by atoms with Crippen LogP contribution in [0.25, 0.3) is 11.4 Å². The molecule has 1 atom stereocenters. The SMILES string of the molecule is COc1ccc(-c2noc(CN3CCC(C(=O)NCc4ccc(CN5CCCC(C)C5)cc4)CC3)n2)cc1. The van der Waals surface area contributed by atoms with Crippen molar-refractivity contribution in [3.05, 3.63) is 65.5 Å². The number of nitrogens with one attached hydrogen (secondary N) is 1. The standard InChI is InChI=1S/C30H39N5O3/c1-22-4-3-15-35(19-22)20-24-7-5-23(6-8-24)18-31-30(36)26-13-16-34(17-14-26)21-28-32-29(33-38-28)25-9-11-27(37-2)12-10-25/h5-12,22,26H,3-4,13-21H2,1-2H3,(H,31,36). The maximum absolute atomic E-state index is 12.8. The fourth-order valence-electron chi connectivity index (χ4n) is 5.51. The Balaban J connectivity index is 1.03. The van der Waals surface area contributed by atoms with Gasteiger partial charge >= 0.3 is 0 Å². The van der Waals surface area contributed by atoms with Crippen molar-refractivity contribution in [1.82, 2.24) is 25.3 Å². The summed E-state index contributed by atoms with van der Waals surface area (Å²) in [5, 5.41) is 7.27. The molecule has 0 bridgehead atoms. The lowest BCUT2D eigenvalue weighted by Crippen LogP contribution is -2.40. The van der Waals surface area contributed by atoms with Crippen molar-refractivity contribution in [2.75, 3.05) is 33.3 Å². The summed E-state index contributed by atoms with van der Waals surface area (Å²) in [4.78, 5) is 22.2. The number of hydrogen-bond acceptors (Lipinski definition) is 7. The van der Waals surface area contributed by atoms with Gasteiger partial charge in [-0.25, -0.2) is 0 Å². The smallest absolute Gasteiger partial charge is 0.241 e. The fraction of sp³-hybridized carbons (Fsp3) is 0.500. The number of carbonyl (C=O) groups is 1. The molecule has 2 aliphatic rings. The first kappa shape index (κ1) is 26.4. The van der Waals surface area contributed by atoms with Gasteiger partial charge < -0.3 is 14.6 Å². The van der Waals surface area contributed by atoms with Crippen molar-refractivity contribution in [1.29, 1.82) is 0 Å². The minimum absolute atomic E-state index is 0.0455. The minimum atomic E-state index is 0.0455. The average Bonchev–Trinajstić information content (AvgIpc) is 3.41. The van der Waals surface area contributed by atoms with Gasteiger partial charge in [0.2, 0.25) is 17.6 Å². The Kier molecular flexibility index (Phi) is 8.71. The highest BCUT2D eigenvalue weighted by Crippen LogP contribution is 2.23. The predicted octanol–water partition coefficient (Wildman–Crippen LogP) is 4.51. The largest absolute Gasteiger partial charge is 0.497 e. The monoisotopic (exact) mass is 517 g/mol. The van der Waals surface area contributed by atoms with Gasteiger partial charge in [0.1, 0.15) is 5.75 Å². The Morgan fingerprint density at radius 2 is 1.71 bits per heavy atom. The molecule has 1 N–H and O–H groups in total. The van der Waals surface area contributed by atoms with E-state index in [1.165, 1.54) is 31.5 Å². The van der Waals surface area contributed by atoms with E-state index >= 15 is 0 Å². The molecule has 5 rings (SSSR count). The molecule has 0 aliphatic carbocycles. The van der Waals surface area contributed by atoms with Gasteiger partial charge in [0.15, 0.2) is 0 Å². The highest BCUT2D eigenvalue weighted by atomic mass is 16.5. The second-order valence-electron chi connectivity index (χ2n) is 10.8.